The lowest BCUT2D eigenvalue weighted by Crippen LogP contribution is -2.17. The number of hydrogen-bond donors (Lipinski definition) is 1. The van der Waals surface area contributed by atoms with Gasteiger partial charge < -0.3 is 4.74 Å². The van der Waals surface area contributed by atoms with Crippen molar-refractivity contribution in [2.45, 2.75) is 38.5 Å². The van der Waals surface area contributed by atoms with Gasteiger partial charge in [-0.1, -0.05) is 12.8 Å². The molecule has 20 heavy (non-hydrogen) atoms. The van der Waals surface area contributed by atoms with Crippen molar-refractivity contribution >= 4 is 11.6 Å². The highest BCUT2D eigenvalue weighted by Gasteiger charge is 2.22. The summed E-state index contributed by atoms with van der Waals surface area (Å²) in [6.07, 6.45) is 5.93. The Morgan fingerprint density at radius 2 is 2.25 bits per heavy atom. The van der Waals surface area contributed by atoms with Gasteiger partial charge in [-0.2, -0.15) is 0 Å². The first-order valence-corrected chi connectivity index (χ1v) is 6.99. The molecule has 1 fully saturated rings. The molecule has 6 nitrogen and oxygen atoms in total. The number of ether oxygens (including phenoxy) is 1. The van der Waals surface area contributed by atoms with Crippen molar-refractivity contribution in [1.82, 2.24) is 14.6 Å². The molecule has 1 N–H and O–H groups in total. The summed E-state index contributed by atoms with van der Waals surface area (Å²) in [5, 5.41) is 2.75. The summed E-state index contributed by atoms with van der Waals surface area (Å²) in [5.41, 5.74) is 1.27. The molecule has 1 aliphatic carbocycles. The zero-order valence-corrected chi connectivity index (χ0v) is 11.4. The lowest BCUT2D eigenvalue weighted by Gasteiger charge is -2.08. The molecule has 2 heterocycles. The summed E-state index contributed by atoms with van der Waals surface area (Å²) < 4.78 is 6.27. The van der Waals surface area contributed by atoms with E-state index in [9.17, 15) is 9.59 Å². The maximum absolute atomic E-state index is 12.1. The highest BCUT2D eigenvalue weighted by atomic mass is 16.5. The van der Waals surface area contributed by atoms with Crippen LogP contribution in [0.2, 0.25) is 0 Å². The molecule has 0 atom stereocenters. The average Bonchev–Trinajstić information content (AvgIpc) is 3.08. The molecule has 0 radical (unpaired) electrons. The molecule has 0 saturated heterocycles. The average molecular weight is 275 g/mol. The van der Waals surface area contributed by atoms with E-state index in [-0.39, 0.29) is 5.56 Å². The molecule has 106 valence electrons. The second-order valence-corrected chi connectivity index (χ2v) is 5.07. The van der Waals surface area contributed by atoms with Gasteiger partial charge in [-0.25, -0.2) is 14.3 Å². The van der Waals surface area contributed by atoms with E-state index >= 15 is 0 Å². The third-order valence-electron chi connectivity index (χ3n) is 3.79. The third kappa shape index (κ3) is 2.11. The first-order valence-electron chi connectivity index (χ1n) is 6.99. The standard InChI is InChI=1S/C14H17N3O3/c1-2-20-14(19)10-8-15-17-12(18)7-11(16-13(10)17)9-5-3-4-6-9/h7-9,15H,2-6H2,1H3. The molecule has 3 rings (SSSR count). The van der Waals surface area contributed by atoms with Crippen LogP contribution in [-0.4, -0.2) is 27.2 Å². The number of nitrogens with zero attached hydrogens (tertiary/aromatic N) is 2. The number of aromatic amines is 1. The van der Waals surface area contributed by atoms with Gasteiger partial charge in [-0.3, -0.25) is 9.89 Å². The summed E-state index contributed by atoms with van der Waals surface area (Å²) in [7, 11) is 0. The normalized spacial score (nSPS) is 15.8. The maximum atomic E-state index is 12.1. The fourth-order valence-electron chi connectivity index (χ4n) is 2.79. The highest BCUT2D eigenvalue weighted by Crippen LogP contribution is 2.32. The van der Waals surface area contributed by atoms with E-state index < -0.39 is 5.97 Å². The molecule has 0 spiro atoms. The number of carbonyl (C=O) groups is 1. The molecule has 0 aromatic carbocycles. The van der Waals surface area contributed by atoms with Crippen LogP contribution in [0.15, 0.2) is 17.1 Å². The Morgan fingerprint density at radius 1 is 1.50 bits per heavy atom. The number of aromatic nitrogens is 3. The quantitative estimate of drug-likeness (QED) is 0.867. The van der Waals surface area contributed by atoms with Crippen molar-refractivity contribution in [2.75, 3.05) is 6.61 Å². The van der Waals surface area contributed by atoms with Crippen LogP contribution in [0, 0.1) is 0 Å². The summed E-state index contributed by atoms with van der Waals surface area (Å²) in [5.74, 6) is -0.126. The second-order valence-electron chi connectivity index (χ2n) is 5.07. The molecule has 1 aliphatic rings. The van der Waals surface area contributed by atoms with Crippen molar-refractivity contribution < 1.29 is 9.53 Å². The first-order chi connectivity index (χ1) is 9.70. The Labute approximate surface area is 115 Å². The fraction of sp³-hybridized carbons (Fsp3) is 0.500. The van der Waals surface area contributed by atoms with E-state index in [0.29, 0.717) is 23.7 Å². The molecule has 2 aromatic rings. The lowest BCUT2D eigenvalue weighted by molar-refractivity contribution is 0.0528. The molecular weight excluding hydrogens is 258 g/mol. The van der Waals surface area contributed by atoms with E-state index in [2.05, 4.69) is 10.1 Å². The van der Waals surface area contributed by atoms with Gasteiger partial charge >= 0.3 is 5.97 Å². The Balaban J connectivity index is 2.10. The van der Waals surface area contributed by atoms with Gasteiger partial charge in [0.1, 0.15) is 5.56 Å². The van der Waals surface area contributed by atoms with Gasteiger partial charge in [0.2, 0.25) is 0 Å². The Hall–Kier alpha value is -2.11. The number of fused-ring (bicyclic) bond motifs is 1. The molecule has 0 unspecified atom stereocenters. The second kappa shape index (κ2) is 5.11. The minimum Gasteiger partial charge on any atom is -0.462 e. The third-order valence-corrected chi connectivity index (χ3v) is 3.79. The Morgan fingerprint density at radius 3 is 2.95 bits per heavy atom. The monoisotopic (exact) mass is 275 g/mol. The predicted molar refractivity (Wildman–Crippen MR) is 73.0 cm³/mol. The molecule has 6 heteroatoms. The zero-order chi connectivity index (χ0) is 14.1. The van der Waals surface area contributed by atoms with E-state index in [1.807, 2.05) is 0 Å². The minimum absolute atomic E-state index is 0.188. The Kier molecular flexibility index (Phi) is 3.30. The fourth-order valence-corrected chi connectivity index (χ4v) is 2.79. The molecule has 1 saturated carbocycles. The van der Waals surface area contributed by atoms with E-state index in [0.717, 1.165) is 18.5 Å². The van der Waals surface area contributed by atoms with E-state index in [1.165, 1.54) is 23.6 Å². The van der Waals surface area contributed by atoms with E-state index in [1.54, 1.807) is 13.0 Å². The first kappa shape index (κ1) is 12.9. The Bertz CT molecular complexity index is 695. The number of esters is 1. The van der Waals surface area contributed by atoms with Crippen LogP contribution in [0.5, 0.6) is 0 Å². The van der Waals surface area contributed by atoms with Crippen LogP contribution in [0.4, 0.5) is 0 Å². The summed E-state index contributed by atoms with van der Waals surface area (Å²) in [6.45, 7) is 2.04. The van der Waals surface area contributed by atoms with Gasteiger partial charge in [0.25, 0.3) is 5.56 Å². The predicted octanol–water partition coefficient (Wildman–Crippen LogP) is 1.86. The van der Waals surface area contributed by atoms with Crippen molar-refractivity contribution in [3.8, 4) is 0 Å². The lowest BCUT2D eigenvalue weighted by atomic mass is 10.0. The molecule has 0 bridgehead atoms. The van der Waals surface area contributed by atoms with Gasteiger partial charge in [-0.05, 0) is 19.8 Å². The van der Waals surface area contributed by atoms with Crippen LogP contribution in [0.3, 0.4) is 0 Å². The summed E-state index contributed by atoms with van der Waals surface area (Å²) in [4.78, 5) is 28.5. The van der Waals surface area contributed by atoms with Crippen LogP contribution < -0.4 is 5.56 Å². The topological polar surface area (TPSA) is 76.5 Å². The van der Waals surface area contributed by atoms with E-state index in [4.69, 9.17) is 4.74 Å². The van der Waals surface area contributed by atoms with Crippen LogP contribution in [0.25, 0.3) is 5.65 Å². The van der Waals surface area contributed by atoms with Gasteiger partial charge in [0.15, 0.2) is 5.65 Å². The van der Waals surface area contributed by atoms with Crippen LogP contribution in [-0.2, 0) is 4.74 Å². The number of H-pyrrole nitrogens is 1. The molecule has 0 amide bonds. The smallest absolute Gasteiger partial charge is 0.343 e. The van der Waals surface area contributed by atoms with Crippen molar-refractivity contribution in [2.24, 2.45) is 0 Å². The SMILES string of the molecule is CCOC(=O)c1c[nH]n2c(=O)cc(C3CCCC3)nc12. The summed E-state index contributed by atoms with van der Waals surface area (Å²) >= 11 is 0. The van der Waals surface area contributed by atoms with Gasteiger partial charge in [-0.15, -0.1) is 0 Å². The number of nitrogens with one attached hydrogen (secondary N) is 1. The summed E-state index contributed by atoms with van der Waals surface area (Å²) in [6, 6.07) is 1.56. The number of hydrogen-bond acceptors (Lipinski definition) is 4. The number of rotatable bonds is 3. The zero-order valence-electron chi connectivity index (χ0n) is 11.4. The van der Waals surface area contributed by atoms with Crippen molar-refractivity contribution in [1.29, 1.82) is 0 Å². The van der Waals surface area contributed by atoms with Gasteiger partial charge in [0, 0.05) is 18.2 Å². The molecule has 2 aromatic heterocycles. The van der Waals surface area contributed by atoms with Crippen LogP contribution >= 0.6 is 0 Å². The maximum Gasteiger partial charge on any atom is 0.343 e. The minimum atomic E-state index is -0.457. The van der Waals surface area contributed by atoms with Crippen LogP contribution in [0.1, 0.15) is 54.6 Å². The van der Waals surface area contributed by atoms with Crippen molar-refractivity contribution in [3.63, 3.8) is 0 Å². The largest absolute Gasteiger partial charge is 0.462 e. The molecular formula is C14H17N3O3. The highest BCUT2D eigenvalue weighted by molar-refractivity contribution is 5.95. The van der Waals surface area contributed by atoms with Crippen molar-refractivity contribution in [3.05, 3.63) is 33.9 Å². The number of carbonyl (C=O) groups excluding carboxylic acids is 1. The molecule has 0 aliphatic heterocycles. The van der Waals surface area contributed by atoms with Gasteiger partial charge in [0.05, 0.1) is 12.3 Å².